The molecule has 0 aliphatic carbocycles. The molecule has 1 fully saturated rings. The van der Waals surface area contributed by atoms with E-state index in [1.54, 1.807) is 18.2 Å². The van der Waals surface area contributed by atoms with E-state index in [1.165, 1.54) is 0 Å². The lowest BCUT2D eigenvalue weighted by Gasteiger charge is -2.23. The van der Waals surface area contributed by atoms with Crippen LogP contribution in [0.2, 0.25) is 10.0 Å². The highest BCUT2D eigenvalue weighted by Gasteiger charge is 2.18. The molecule has 3 N–H and O–H groups in total. The van der Waals surface area contributed by atoms with E-state index in [-0.39, 0.29) is 18.6 Å². The van der Waals surface area contributed by atoms with Crippen LogP contribution >= 0.6 is 35.0 Å². The van der Waals surface area contributed by atoms with Gasteiger partial charge in [0.1, 0.15) is 0 Å². The Bertz CT molecular complexity index is 476. The number of hydrogen-bond donors (Lipinski definition) is 3. The van der Waals surface area contributed by atoms with Crippen LogP contribution in [0, 0.1) is 0 Å². The average molecular weight is 349 g/mol. The number of aliphatic hydroxyl groups excluding tert-OH is 1. The monoisotopic (exact) mass is 348 g/mol. The van der Waals surface area contributed by atoms with E-state index in [2.05, 4.69) is 10.6 Å². The number of carbonyl (C=O) groups is 1. The van der Waals surface area contributed by atoms with E-state index < -0.39 is 6.10 Å². The summed E-state index contributed by atoms with van der Waals surface area (Å²) in [4.78, 5) is 11.8. The first kappa shape index (κ1) is 16.7. The van der Waals surface area contributed by atoms with Crippen molar-refractivity contribution in [2.75, 3.05) is 18.1 Å². The molecule has 1 aromatic rings. The first-order valence-corrected chi connectivity index (χ1v) is 8.73. The molecule has 116 valence electrons. The van der Waals surface area contributed by atoms with Crippen molar-refractivity contribution in [1.82, 2.24) is 10.6 Å². The number of thioether (sulfide) groups is 1. The van der Waals surface area contributed by atoms with Gasteiger partial charge in [-0.1, -0.05) is 29.3 Å². The number of halogens is 2. The van der Waals surface area contributed by atoms with Crippen LogP contribution in [0.4, 0.5) is 4.79 Å². The van der Waals surface area contributed by atoms with Gasteiger partial charge in [-0.05, 0) is 36.5 Å². The standard InChI is InChI=1S/C14H18Cl2N2O2S/c15-10-2-1-3-11(16)13(10)12(19)8-17-14(20)18-9-4-6-21-7-5-9/h1-3,9,12,19H,4-8H2,(H2,17,18,20)/t12-/m1/s1. The van der Waals surface area contributed by atoms with Gasteiger partial charge in [0.15, 0.2) is 0 Å². The Labute approximate surface area is 138 Å². The third kappa shape index (κ3) is 4.95. The molecule has 2 amide bonds. The highest BCUT2D eigenvalue weighted by Crippen LogP contribution is 2.29. The van der Waals surface area contributed by atoms with Crippen LogP contribution in [-0.4, -0.2) is 35.2 Å². The number of carbonyl (C=O) groups excluding carboxylic acids is 1. The zero-order valence-electron chi connectivity index (χ0n) is 11.4. The Balaban J connectivity index is 1.83. The quantitative estimate of drug-likeness (QED) is 0.782. The van der Waals surface area contributed by atoms with Crippen LogP contribution in [0.5, 0.6) is 0 Å². The van der Waals surface area contributed by atoms with Crippen molar-refractivity contribution >= 4 is 41.0 Å². The number of rotatable bonds is 4. The van der Waals surface area contributed by atoms with Gasteiger partial charge in [0, 0.05) is 28.2 Å². The van der Waals surface area contributed by atoms with Crippen molar-refractivity contribution in [3.63, 3.8) is 0 Å². The maximum atomic E-state index is 11.8. The van der Waals surface area contributed by atoms with Crippen molar-refractivity contribution in [3.8, 4) is 0 Å². The second kappa shape index (κ2) is 8.13. The Morgan fingerprint density at radius 3 is 2.57 bits per heavy atom. The highest BCUT2D eigenvalue weighted by molar-refractivity contribution is 7.99. The molecule has 0 saturated carbocycles. The van der Waals surface area contributed by atoms with Gasteiger partial charge in [-0.3, -0.25) is 0 Å². The Hall–Kier alpha value is -0.620. The van der Waals surface area contributed by atoms with E-state index >= 15 is 0 Å². The summed E-state index contributed by atoms with van der Waals surface area (Å²) in [5.41, 5.74) is 0.440. The fourth-order valence-electron chi connectivity index (χ4n) is 2.20. The number of hydrogen-bond acceptors (Lipinski definition) is 3. The normalized spacial score (nSPS) is 17.3. The van der Waals surface area contributed by atoms with Crippen LogP contribution in [0.25, 0.3) is 0 Å². The van der Waals surface area contributed by atoms with Crippen LogP contribution in [0.3, 0.4) is 0 Å². The van der Waals surface area contributed by atoms with E-state index in [0.717, 1.165) is 24.3 Å². The predicted molar refractivity (Wildman–Crippen MR) is 88.3 cm³/mol. The maximum Gasteiger partial charge on any atom is 0.315 e. The van der Waals surface area contributed by atoms with Gasteiger partial charge < -0.3 is 15.7 Å². The lowest BCUT2D eigenvalue weighted by molar-refractivity contribution is 0.172. The van der Waals surface area contributed by atoms with Gasteiger partial charge in [-0.25, -0.2) is 4.79 Å². The molecule has 7 heteroatoms. The summed E-state index contributed by atoms with van der Waals surface area (Å²) in [7, 11) is 0. The fourth-order valence-corrected chi connectivity index (χ4v) is 3.95. The molecule has 1 heterocycles. The van der Waals surface area contributed by atoms with Crippen molar-refractivity contribution in [3.05, 3.63) is 33.8 Å². The zero-order valence-corrected chi connectivity index (χ0v) is 13.8. The molecule has 0 radical (unpaired) electrons. The minimum Gasteiger partial charge on any atom is -0.386 e. The second-order valence-corrected chi connectivity index (χ2v) is 6.93. The lowest BCUT2D eigenvalue weighted by Crippen LogP contribution is -2.44. The van der Waals surface area contributed by atoms with Crippen LogP contribution in [0.1, 0.15) is 24.5 Å². The SMILES string of the molecule is O=C(NC[C@@H](O)c1c(Cl)cccc1Cl)NC1CCSCC1. The van der Waals surface area contributed by atoms with Gasteiger partial charge in [0.05, 0.1) is 6.10 Å². The molecule has 4 nitrogen and oxygen atoms in total. The molecular formula is C14H18Cl2N2O2S. The van der Waals surface area contributed by atoms with Crippen molar-refractivity contribution in [2.45, 2.75) is 25.0 Å². The molecule has 1 saturated heterocycles. The summed E-state index contributed by atoms with van der Waals surface area (Å²) in [5.74, 6) is 2.14. The van der Waals surface area contributed by atoms with Gasteiger partial charge in [0.25, 0.3) is 0 Å². The molecule has 1 aliphatic rings. The molecule has 0 unspecified atom stereocenters. The number of aliphatic hydroxyl groups is 1. The number of nitrogens with one attached hydrogen (secondary N) is 2. The smallest absolute Gasteiger partial charge is 0.315 e. The molecule has 21 heavy (non-hydrogen) atoms. The minimum absolute atomic E-state index is 0.0662. The molecule has 2 rings (SSSR count). The van der Waals surface area contributed by atoms with Crippen LogP contribution in [0.15, 0.2) is 18.2 Å². The second-order valence-electron chi connectivity index (χ2n) is 4.89. The highest BCUT2D eigenvalue weighted by atomic mass is 35.5. The third-order valence-electron chi connectivity index (χ3n) is 3.35. The summed E-state index contributed by atoms with van der Waals surface area (Å²) < 4.78 is 0. The third-order valence-corrected chi connectivity index (χ3v) is 5.05. The first-order chi connectivity index (χ1) is 10.1. The minimum atomic E-state index is -0.932. The van der Waals surface area contributed by atoms with Gasteiger partial charge in [0.2, 0.25) is 0 Å². The van der Waals surface area contributed by atoms with Gasteiger partial charge >= 0.3 is 6.03 Å². The number of amides is 2. The summed E-state index contributed by atoms with van der Waals surface area (Å²) in [5, 5.41) is 16.5. The number of benzene rings is 1. The first-order valence-electron chi connectivity index (χ1n) is 6.82. The van der Waals surface area contributed by atoms with Crippen LogP contribution in [-0.2, 0) is 0 Å². The Morgan fingerprint density at radius 2 is 1.95 bits per heavy atom. The van der Waals surface area contributed by atoms with Crippen molar-refractivity contribution in [2.24, 2.45) is 0 Å². The Kier molecular flexibility index (Phi) is 6.48. The summed E-state index contributed by atoms with van der Waals surface area (Å²) >= 11 is 13.9. The van der Waals surface area contributed by atoms with E-state index in [9.17, 15) is 9.90 Å². The Morgan fingerprint density at radius 1 is 1.33 bits per heavy atom. The zero-order chi connectivity index (χ0) is 15.2. The van der Waals surface area contributed by atoms with Gasteiger partial charge in [-0.2, -0.15) is 11.8 Å². The summed E-state index contributed by atoms with van der Waals surface area (Å²) in [6, 6.07) is 4.97. The maximum absolute atomic E-state index is 11.8. The molecular weight excluding hydrogens is 331 g/mol. The van der Waals surface area contributed by atoms with Gasteiger partial charge in [-0.15, -0.1) is 0 Å². The molecule has 1 aliphatic heterocycles. The number of urea groups is 1. The molecule has 0 aromatic heterocycles. The molecule has 0 spiro atoms. The topological polar surface area (TPSA) is 61.4 Å². The molecule has 1 atom stereocenters. The van der Waals surface area contributed by atoms with E-state index in [1.807, 2.05) is 11.8 Å². The van der Waals surface area contributed by atoms with Crippen LogP contribution < -0.4 is 10.6 Å². The summed E-state index contributed by atoms with van der Waals surface area (Å²) in [6.07, 6.45) is 1.03. The van der Waals surface area contributed by atoms with Crippen molar-refractivity contribution < 1.29 is 9.90 Å². The largest absolute Gasteiger partial charge is 0.386 e. The molecule has 1 aromatic carbocycles. The van der Waals surface area contributed by atoms with Crippen molar-refractivity contribution in [1.29, 1.82) is 0 Å². The molecule has 0 bridgehead atoms. The average Bonchev–Trinajstić information content (AvgIpc) is 2.46. The summed E-state index contributed by atoms with van der Waals surface area (Å²) in [6.45, 7) is 0.0662. The fraction of sp³-hybridized carbons (Fsp3) is 0.500. The van der Waals surface area contributed by atoms with E-state index in [4.69, 9.17) is 23.2 Å². The lowest BCUT2D eigenvalue weighted by atomic mass is 10.1. The predicted octanol–water partition coefficient (Wildman–Crippen LogP) is 3.22. The van der Waals surface area contributed by atoms with E-state index in [0.29, 0.717) is 15.6 Å².